The van der Waals surface area contributed by atoms with Crippen LogP contribution in [-0.4, -0.2) is 29.2 Å². The molecule has 134 valence electrons. The molecule has 0 aliphatic carbocycles. The fourth-order valence-electron chi connectivity index (χ4n) is 3.19. The Labute approximate surface area is 160 Å². The number of rotatable bonds is 4. The van der Waals surface area contributed by atoms with E-state index in [0.717, 1.165) is 20.5 Å². The molecule has 3 rings (SSSR count). The van der Waals surface area contributed by atoms with E-state index in [9.17, 15) is 14.4 Å². The molecule has 0 radical (unpaired) electrons. The lowest BCUT2D eigenvalue weighted by Crippen LogP contribution is -2.41. The monoisotopic (exact) mass is 414 g/mol. The summed E-state index contributed by atoms with van der Waals surface area (Å²) in [7, 11) is 0. The lowest BCUT2D eigenvalue weighted by Gasteiger charge is -2.22. The van der Waals surface area contributed by atoms with Crippen molar-refractivity contribution in [3.05, 3.63) is 69.2 Å². The Morgan fingerprint density at radius 1 is 1.15 bits per heavy atom. The first-order chi connectivity index (χ1) is 12.2. The van der Waals surface area contributed by atoms with Gasteiger partial charge in [-0.05, 0) is 44.0 Å². The van der Waals surface area contributed by atoms with E-state index in [1.807, 2.05) is 32.0 Å². The van der Waals surface area contributed by atoms with Crippen LogP contribution >= 0.6 is 15.9 Å². The fourth-order valence-corrected chi connectivity index (χ4v) is 3.59. The molecule has 1 aliphatic rings. The number of carbonyl (C=O) groups is 3. The Kier molecular flexibility index (Phi) is 4.71. The van der Waals surface area contributed by atoms with Crippen molar-refractivity contribution in [2.75, 3.05) is 6.54 Å². The number of nitrogens with one attached hydrogen (secondary N) is 1. The van der Waals surface area contributed by atoms with Crippen molar-refractivity contribution < 1.29 is 14.4 Å². The molecule has 26 heavy (non-hydrogen) atoms. The minimum atomic E-state index is -1.19. The standard InChI is InChI=1S/C20H19BrN2O3/c1-12-7-8-16(13(2)9-12)17(24)11-23-18(25)20(3,22-19(23)26)14-5-4-6-15(21)10-14/h4-10H,11H2,1-3H3,(H,22,26)/t20-/m1/s1. The fraction of sp³-hybridized carbons (Fsp3) is 0.250. The van der Waals surface area contributed by atoms with E-state index < -0.39 is 17.5 Å². The third-order valence-corrected chi connectivity index (χ3v) is 5.15. The first kappa shape index (κ1) is 18.3. The Balaban J connectivity index is 1.86. The molecule has 5 nitrogen and oxygen atoms in total. The Morgan fingerprint density at radius 3 is 2.54 bits per heavy atom. The molecule has 0 unspecified atom stereocenters. The maximum Gasteiger partial charge on any atom is 0.325 e. The van der Waals surface area contributed by atoms with Crippen LogP contribution in [0.5, 0.6) is 0 Å². The van der Waals surface area contributed by atoms with Gasteiger partial charge in [-0.15, -0.1) is 0 Å². The Morgan fingerprint density at radius 2 is 1.88 bits per heavy atom. The molecular formula is C20H19BrN2O3. The van der Waals surface area contributed by atoms with E-state index in [1.165, 1.54) is 0 Å². The summed E-state index contributed by atoms with van der Waals surface area (Å²) in [5.41, 5.74) is 1.87. The first-order valence-corrected chi connectivity index (χ1v) is 9.02. The number of imide groups is 1. The van der Waals surface area contributed by atoms with Crippen LogP contribution in [-0.2, 0) is 10.3 Å². The summed E-state index contributed by atoms with van der Waals surface area (Å²) in [5.74, 6) is -0.691. The molecule has 0 spiro atoms. The van der Waals surface area contributed by atoms with Crippen molar-refractivity contribution in [3.63, 3.8) is 0 Å². The highest BCUT2D eigenvalue weighted by atomic mass is 79.9. The molecule has 1 fully saturated rings. The first-order valence-electron chi connectivity index (χ1n) is 8.23. The van der Waals surface area contributed by atoms with E-state index in [-0.39, 0.29) is 12.3 Å². The molecule has 1 aliphatic heterocycles. The molecule has 3 amide bonds. The zero-order valence-electron chi connectivity index (χ0n) is 14.8. The van der Waals surface area contributed by atoms with Gasteiger partial charge in [0.1, 0.15) is 5.54 Å². The molecule has 0 bridgehead atoms. The molecule has 2 aromatic rings. The molecule has 1 saturated heterocycles. The second kappa shape index (κ2) is 6.68. The number of carbonyl (C=O) groups excluding carboxylic acids is 3. The lowest BCUT2D eigenvalue weighted by molar-refractivity contribution is -0.130. The third kappa shape index (κ3) is 3.17. The van der Waals surface area contributed by atoms with Crippen molar-refractivity contribution in [1.82, 2.24) is 10.2 Å². The van der Waals surface area contributed by atoms with Gasteiger partial charge in [-0.2, -0.15) is 0 Å². The SMILES string of the molecule is Cc1ccc(C(=O)CN2C(=O)N[C@](C)(c3cccc(Br)c3)C2=O)c(C)c1. The van der Waals surface area contributed by atoms with E-state index in [0.29, 0.717) is 11.1 Å². The minimum Gasteiger partial charge on any atom is -0.319 e. The molecule has 1 heterocycles. The number of ketones is 1. The van der Waals surface area contributed by atoms with Crippen LogP contribution in [0.2, 0.25) is 0 Å². The molecule has 6 heteroatoms. The van der Waals surface area contributed by atoms with Gasteiger partial charge in [-0.1, -0.05) is 51.8 Å². The maximum atomic E-state index is 12.9. The van der Waals surface area contributed by atoms with E-state index in [4.69, 9.17) is 0 Å². The van der Waals surface area contributed by atoms with Gasteiger partial charge < -0.3 is 5.32 Å². The van der Waals surface area contributed by atoms with Crippen LogP contribution in [0.25, 0.3) is 0 Å². The van der Waals surface area contributed by atoms with Gasteiger partial charge in [0.2, 0.25) is 0 Å². The molecule has 0 aromatic heterocycles. The average molecular weight is 415 g/mol. The summed E-state index contributed by atoms with van der Waals surface area (Å²) >= 11 is 3.38. The maximum absolute atomic E-state index is 12.9. The van der Waals surface area contributed by atoms with E-state index in [2.05, 4.69) is 21.2 Å². The number of aryl methyl sites for hydroxylation is 2. The number of benzene rings is 2. The van der Waals surface area contributed by atoms with Gasteiger partial charge in [0, 0.05) is 10.0 Å². The summed E-state index contributed by atoms with van der Waals surface area (Å²) in [4.78, 5) is 39.0. The number of amides is 3. The van der Waals surface area contributed by atoms with Crippen molar-refractivity contribution in [1.29, 1.82) is 0 Å². The molecule has 2 aromatic carbocycles. The Bertz CT molecular complexity index is 925. The number of nitrogens with zero attached hydrogens (tertiary/aromatic N) is 1. The summed E-state index contributed by atoms with van der Waals surface area (Å²) in [5, 5.41) is 2.72. The van der Waals surface area contributed by atoms with Crippen molar-refractivity contribution in [2.24, 2.45) is 0 Å². The van der Waals surface area contributed by atoms with Crippen LogP contribution < -0.4 is 5.32 Å². The lowest BCUT2D eigenvalue weighted by atomic mass is 9.92. The second-order valence-electron chi connectivity index (χ2n) is 6.70. The molecule has 1 N–H and O–H groups in total. The summed E-state index contributed by atoms with van der Waals surface area (Å²) in [6.45, 7) is 5.16. The largest absolute Gasteiger partial charge is 0.325 e. The highest BCUT2D eigenvalue weighted by Gasteiger charge is 2.49. The number of hydrogen-bond acceptors (Lipinski definition) is 3. The van der Waals surface area contributed by atoms with Gasteiger partial charge >= 0.3 is 6.03 Å². The molecular weight excluding hydrogens is 396 g/mol. The van der Waals surface area contributed by atoms with E-state index in [1.54, 1.807) is 31.2 Å². The van der Waals surface area contributed by atoms with Crippen molar-refractivity contribution >= 4 is 33.7 Å². The van der Waals surface area contributed by atoms with Gasteiger partial charge in [-0.25, -0.2) is 4.79 Å². The molecule has 0 saturated carbocycles. The van der Waals surface area contributed by atoms with E-state index >= 15 is 0 Å². The van der Waals surface area contributed by atoms with Crippen LogP contribution in [0, 0.1) is 13.8 Å². The summed E-state index contributed by atoms with van der Waals surface area (Å²) in [6.07, 6.45) is 0. The van der Waals surface area contributed by atoms with Gasteiger partial charge in [0.25, 0.3) is 5.91 Å². The minimum absolute atomic E-state index is 0.260. The average Bonchev–Trinajstić information content (AvgIpc) is 2.79. The van der Waals surface area contributed by atoms with Crippen molar-refractivity contribution in [2.45, 2.75) is 26.3 Å². The quantitative estimate of drug-likeness (QED) is 0.612. The number of urea groups is 1. The molecule has 1 atom stereocenters. The summed E-state index contributed by atoms with van der Waals surface area (Å²) < 4.78 is 0.808. The van der Waals surface area contributed by atoms with Gasteiger partial charge in [-0.3, -0.25) is 14.5 Å². The number of hydrogen-bond donors (Lipinski definition) is 1. The number of Topliss-reactive ketones (excluding diaryl/α,β-unsaturated/α-hetero) is 1. The normalized spacial score (nSPS) is 19.6. The number of halogens is 1. The van der Waals surface area contributed by atoms with Crippen LogP contribution in [0.4, 0.5) is 4.79 Å². The van der Waals surface area contributed by atoms with Crippen LogP contribution in [0.15, 0.2) is 46.9 Å². The van der Waals surface area contributed by atoms with Gasteiger partial charge in [0.05, 0.1) is 6.54 Å². The smallest absolute Gasteiger partial charge is 0.319 e. The Hall–Kier alpha value is -2.47. The zero-order valence-corrected chi connectivity index (χ0v) is 16.4. The third-order valence-electron chi connectivity index (χ3n) is 4.66. The van der Waals surface area contributed by atoms with Crippen LogP contribution in [0.3, 0.4) is 0 Å². The predicted octanol–water partition coefficient (Wildman–Crippen LogP) is 3.72. The van der Waals surface area contributed by atoms with Gasteiger partial charge in [0.15, 0.2) is 5.78 Å². The predicted molar refractivity (Wildman–Crippen MR) is 102 cm³/mol. The second-order valence-corrected chi connectivity index (χ2v) is 7.61. The van der Waals surface area contributed by atoms with Crippen molar-refractivity contribution in [3.8, 4) is 0 Å². The highest BCUT2D eigenvalue weighted by Crippen LogP contribution is 2.30. The highest BCUT2D eigenvalue weighted by molar-refractivity contribution is 9.10. The van der Waals surface area contributed by atoms with Crippen LogP contribution in [0.1, 0.15) is 34.0 Å². The summed E-state index contributed by atoms with van der Waals surface area (Å²) in [6, 6.07) is 12.1. The zero-order chi connectivity index (χ0) is 19.1. The topological polar surface area (TPSA) is 66.5 Å².